The maximum atomic E-state index is 11.8. The van der Waals surface area contributed by atoms with Gasteiger partial charge in [0.05, 0.1) is 6.10 Å². The van der Waals surface area contributed by atoms with Gasteiger partial charge in [0.2, 0.25) is 6.23 Å². The molecule has 0 amide bonds. The lowest BCUT2D eigenvalue weighted by Crippen LogP contribution is -2.54. The van der Waals surface area contributed by atoms with Gasteiger partial charge in [-0.15, -0.1) is 0 Å². The first-order chi connectivity index (χ1) is 10.8. The second kappa shape index (κ2) is 7.07. The highest BCUT2D eigenvalue weighted by Crippen LogP contribution is 2.24. The summed E-state index contributed by atoms with van der Waals surface area (Å²) in [5.74, 6) is -0.358. The third kappa shape index (κ3) is 4.06. The van der Waals surface area contributed by atoms with Crippen molar-refractivity contribution in [1.29, 1.82) is 0 Å². The summed E-state index contributed by atoms with van der Waals surface area (Å²) in [6, 6.07) is 0.797. The molecular formula is C14H23N4O5+. The molecule has 0 aliphatic carbocycles. The Labute approximate surface area is 133 Å². The molecule has 0 spiro atoms. The summed E-state index contributed by atoms with van der Waals surface area (Å²) in [5.41, 5.74) is 10.7. The zero-order valence-electron chi connectivity index (χ0n) is 13.1. The van der Waals surface area contributed by atoms with Crippen LogP contribution in [0.1, 0.15) is 26.5 Å². The van der Waals surface area contributed by atoms with E-state index in [0.29, 0.717) is 0 Å². The molecule has 1 aromatic heterocycles. The molecule has 1 aliphatic heterocycles. The van der Waals surface area contributed by atoms with Crippen molar-refractivity contribution in [1.82, 2.24) is 4.98 Å². The Morgan fingerprint density at radius 1 is 1.61 bits per heavy atom. The van der Waals surface area contributed by atoms with E-state index in [2.05, 4.69) is 4.98 Å². The third-order valence-corrected chi connectivity index (χ3v) is 3.80. The number of ether oxygens (including phenoxy) is 2. The normalized spacial score (nSPS) is 25.5. The number of nitrogens with zero attached hydrogens (tertiary/aromatic N) is 1. The molecule has 0 bridgehead atoms. The maximum absolute atomic E-state index is 11.8. The molecule has 0 radical (unpaired) electrons. The van der Waals surface area contributed by atoms with Gasteiger partial charge >= 0.3 is 11.7 Å². The minimum atomic E-state index is -0.854. The van der Waals surface area contributed by atoms with E-state index >= 15 is 0 Å². The molecule has 2 rings (SSSR count). The number of rotatable bonds is 5. The molecule has 1 aliphatic rings. The summed E-state index contributed by atoms with van der Waals surface area (Å²) in [6.07, 6.45) is -0.540. The maximum Gasteiger partial charge on any atom is 0.499 e. The molecule has 1 aromatic rings. The monoisotopic (exact) mass is 327 g/mol. The van der Waals surface area contributed by atoms with Gasteiger partial charge in [-0.3, -0.25) is 4.79 Å². The van der Waals surface area contributed by atoms with Gasteiger partial charge in [-0.2, -0.15) is 14.3 Å². The van der Waals surface area contributed by atoms with Crippen LogP contribution in [0.4, 0.5) is 5.82 Å². The van der Waals surface area contributed by atoms with Crippen LogP contribution in [0.3, 0.4) is 0 Å². The predicted octanol–water partition coefficient (Wildman–Crippen LogP) is -1.58. The molecule has 6 N–H and O–H groups in total. The highest BCUT2D eigenvalue weighted by Gasteiger charge is 2.39. The zero-order chi connectivity index (χ0) is 17.1. The Bertz CT molecular complexity index is 617. The number of aliphatic hydroxyl groups is 1. The lowest BCUT2D eigenvalue weighted by atomic mass is 10.1. The number of nitrogens with one attached hydrogen (secondary N) is 1. The van der Waals surface area contributed by atoms with Crippen LogP contribution >= 0.6 is 0 Å². The second-order valence-electron chi connectivity index (χ2n) is 5.94. The van der Waals surface area contributed by atoms with Crippen molar-refractivity contribution in [2.24, 2.45) is 11.7 Å². The van der Waals surface area contributed by atoms with Crippen molar-refractivity contribution >= 4 is 11.8 Å². The van der Waals surface area contributed by atoms with Gasteiger partial charge < -0.3 is 26.0 Å². The molecule has 2 heterocycles. The van der Waals surface area contributed by atoms with Crippen LogP contribution < -0.4 is 21.7 Å². The Hall–Kier alpha value is -1.97. The first-order valence-corrected chi connectivity index (χ1v) is 7.45. The third-order valence-electron chi connectivity index (χ3n) is 3.80. The summed E-state index contributed by atoms with van der Waals surface area (Å²) < 4.78 is 12.0. The zero-order valence-corrected chi connectivity index (χ0v) is 13.1. The summed E-state index contributed by atoms with van der Waals surface area (Å²) >= 11 is 0. The van der Waals surface area contributed by atoms with Crippen molar-refractivity contribution < 1.29 is 23.9 Å². The Kier molecular flexibility index (Phi) is 5.34. The average Bonchev–Trinajstić information content (AvgIpc) is 2.84. The summed E-state index contributed by atoms with van der Waals surface area (Å²) in [5, 5.41) is 10.0. The number of nitrogens with two attached hydrogens (primary N) is 2. The summed E-state index contributed by atoms with van der Waals surface area (Å²) in [4.78, 5) is 26.0. The number of aromatic amines is 1. The van der Waals surface area contributed by atoms with Gasteiger partial charge in [0.25, 0.3) is 0 Å². The van der Waals surface area contributed by atoms with Crippen molar-refractivity contribution in [2.45, 2.75) is 44.7 Å². The Morgan fingerprint density at radius 2 is 2.30 bits per heavy atom. The highest BCUT2D eigenvalue weighted by molar-refractivity contribution is 5.75. The molecule has 9 nitrogen and oxygen atoms in total. The van der Waals surface area contributed by atoms with Crippen LogP contribution in [0.15, 0.2) is 17.1 Å². The highest BCUT2D eigenvalue weighted by atomic mass is 16.6. The van der Waals surface area contributed by atoms with E-state index in [1.54, 1.807) is 0 Å². The number of anilines is 1. The summed E-state index contributed by atoms with van der Waals surface area (Å²) in [7, 11) is 0. The van der Waals surface area contributed by atoms with Gasteiger partial charge in [-0.25, -0.2) is 0 Å². The average molecular weight is 327 g/mol. The number of carbonyl (C=O) groups is 1. The van der Waals surface area contributed by atoms with E-state index in [4.69, 9.17) is 20.9 Å². The van der Waals surface area contributed by atoms with Gasteiger partial charge in [0, 0.05) is 12.5 Å². The largest absolute Gasteiger partial charge is 0.499 e. The van der Waals surface area contributed by atoms with Crippen LogP contribution in [-0.2, 0) is 14.3 Å². The topological polar surface area (TPSA) is 145 Å². The van der Waals surface area contributed by atoms with Crippen LogP contribution in [0.5, 0.6) is 0 Å². The molecule has 0 saturated carbocycles. The lowest BCUT2D eigenvalue weighted by molar-refractivity contribution is -0.773. The second-order valence-corrected chi connectivity index (χ2v) is 5.94. The van der Waals surface area contributed by atoms with Gasteiger partial charge in [-0.1, -0.05) is 13.8 Å². The predicted molar refractivity (Wildman–Crippen MR) is 80.0 cm³/mol. The van der Waals surface area contributed by atoms with E-state index < -0.39 is 36.1 Å². The van der Waals surface area contributed by atoms with Crippen molar-refractivity contribution in [3.05, 3.63) is 22.7 Å². The lowest BCUT2D eigenvalue weighted by Gasteiger charge is -2.18. The first kappa shape index (κ1) is 17.4. The Balaban J connectivity index is 1.96. The van der Waals surface area contributed by atoms with Gasteiger partial charge in [0.15, 0.2) is 5.82 Å². The number of hydrogen-bond donors (Lipinski definition) is 4. The number of aromatic nitrogens is 2. The fourth-order valence-electron chi connectivity index (χ4n) is 2.25. The fraction of sp³-hybridized carbons (Fsp3) is 0.643. The minimum absolute atomic E-state index is 0.0476. The van der Waals surface area contributed by atoms with Crippen LogP contribution in [0, 0.1) is 5.92 Å². The SMILES string of the molecule is CC(C)C(N)C(=O)OC[C@@H]1O[C@H]([n+]2ccc(N)[nH]c2=O)C[C@@H]1O. The molecule has 1 saturated heterocycles. The molecule has 4 atom stereocenters. The number of hydrogen-bond acceptors (Lipinski definition) is 7. The van der Waals surface area contributed by atoms with Gasteiger partial charge in [0.1, 0.15) is 24.9 Å². The fourth-order valence-corrected chi connectivity index (χ4v) is 2.25. The number of nitrogen functional groups attached to an aromatic ring is 1. The minimum Gasteiger partial charge on any atom is -0.462 e. The first-order valence-electron chi connectivity index (χ1n) is 7.45. The molecule has 128 valence electrons. The number of carbonyl (C=O) groups excluding carboxylic acids is 1. The molecular weight excluding hydrogens is 304 g/mol. The van der Waals surface area contributed by atoms with Crippen LogP contribution in [-0.4, -0.2) is 40.9 Å². The summed E-state index contributed by atoms with van der Waals surface area (Å²) in [6.45, 7) is 3.50. The molecule has 23 heavy (non-hydrogen) atoms. The van der Waals surface area contributed by atoms with Crippen molar-refractivity contribution in [3.63, 3.8) is 0 Å². The quantitative estimate of drug-likeness (QED) is 0.377. The smallest absolute Gasteiger partial charge is 0.462 e. The molecule has 0 aromatic carbocycles. The Morgan fingerprint density at radius 3 is 2.91 bits per heavy atom. The molecule has 9 heteroatoms. The number of H-pyrrole nitrogens is 1. The van der Waals surface area contributed by atoms with E-state index in [1.807, 2.05) is 13.8 Å². The van der Waals surface area contributed by atoms with Gasteiger partial charge in [-0.05, 0) is 5.92 Å². The van der Waals surface area contributed by atoms with Crippen LogP contribution in [0.2, 0.25) is 0 Å². The van der Waals surface area contributed by atoms with Crippen LogP contribution in [0.25, 0.3) is 0 Å². The van der Waals surface area contributed by atoms with E-state index in [9.17, 15) is 14.7 Å². The van der Waals surface area contributed by atoms with E-state index in [1.165, 1.54) is 16.8 Å². The molecule has 1 unspecified atom stereocenters. The number of aliphatic hydroxyl groups excluding tert-OH is 1. The number of esters is 1. The van der Waals surface area contributed by atoms with Crippen molar-refractivity contribution in [2.75, 3.05) is 12.3 Å². The molecule has 1 fully saturated rings. The van der Waals surface area contributed by atoms with E-state index in [0.717, 1.165) is 0 Å². The standard InChI is InChI=1S/C14H22N4O5/c1-7(2)12(16)13(20)22-6-9-8(19)5-11(23-9)18-4-3-10(15)17-14(18)21/h3-4,7-9,11-12,19H,5-6,16H2,1-2H3,(H2,15,17,21)/p+1/t8-,9-,11-,12?/m0/s1. The van der Waals surface area contributed by atoms with Crippen molar-refractivity contribution in [3.8, 4) is 0 Å². The van der Waals surface area contributed by atoms with E-state index in [-0.39, 0.29) is 24.8 Å².